The Hall–Kier alpha value is -0.870. The molecule has 1 saturated carbocycles. The molecule has 1 N–H and O–H groups in total. The number of nitrogens with one attached hydrogen (secondary N) is 1. The van der Waals surface area contributed by atoms with E-state index in [-0.39, 0.29) is 5.25 Å². The number of benzene rings is 1. The molecule has 0 radical (unpaired) electrons. The standard InChI is InChI=1S/C17H27NO2S/c1-14(2)21(19,20)11-10-16(13-18-17-8-9-17)12-15-6-4-3-5-7-15/h3-7,14,16-18H,8-13H2,1-2H3. The minimum absolute atomic E-state index is 0.272. The molecule has 4 heteroatoms. The van der Waals surface area contributed by atoms with Gasteiger partial charge in [0.25, 0.3) is 0 Å². The molecule has 1 aliphatic rings. The van der Waals surface area contributed by atoms with Gasteiger partial charge in [-0.2, -0.15) is 0 Å². The van der Waals surface area contributed by atoms with E-state index in [0.29, 0.717) is 17.7 Å². The Morgan fingerprint density at radius 1 is 1.19 bits per heavy atom. The fraction of sp³-hybridized carbons (Fsp3) is 0.647. The zero-order valence-corrected chi connectivity index (χ0v) is 13.9. The smallest absolute Gasteiger partial charge is 0.152 e. The Balaban J connectivity index is 1.91. The van der Waals surface area contributed by atoms with Crippen molar-refractivity contribution in [1.82, 2.24) is 5.32 Å². The van der Waals surface area contributed by atoms with Gasteiger partial charge in [-0.1, -0.05) is 30.3 Å². The van der Waals surface area contributed by atoms with E-state index in [4.69, 9.17) is 0 Å². The van der Waals surface area contributed by atoms with Crippen molar-refractivity contribution in [3.05, 3.63) is 35.9 Å². The van der Waals surface area contributed by atoms with Crippen molar-refractivity contribution in [3.8, 4) is 0 Å². The summed E-state index contributed by atoms with van der Waals surface area (Å²) in [7, 11) is -2.94. The molecule has 1 aromatic carbocycles. The van der Waals surface area contributed by atoms with Crippen LogP contribution in [0.3, 0.4) is 0 Å². The van der Waals surface area contributed by atoms with Crippen LogP contribution in [0.15, 0.2) is 30.3 Å². The average molecular weight is 309 g/mol. The maximum Gasteiger partial charge on any atom is 0.152 e. The molecule has 21 heavy (non-hydrogen) atoms. The van der Waals surface area contributed by atoms with Crippen molar-refractivity contribution in [2.24, 2.45) is 5.92 Å². The van der Waals surface area contributed by atoms with Gasteiger partial charge in [-0.15, -0.1) is 0 Å². The third-order valence-corrected chi connectivity index (χ3v) is 6.41. The largest absolute Gasteiger partial charge is 0.314 e. The summed E-state index contributed by atoms with van der Waals surface area (Å²) < 4.78 is 24.0. The predicted octanol–water partition coefficient (Wildman–Crippen LogP) is 2.81. The Labute approximate surface area is 129 Å². The van der Waals surface area contributed by atoms with Crippen LogP contribution < -0.4 is 5.32 Å². The molecule has 1 aromatic rings. The third kappa shape index (κ3) is 5.79. The summed E-state index contributed by atoms with van der Waals surface area (Å²) in [5, 5.41) is 3.28. The zero-order chi connectivity index (χ0) is 15.3. The van der Waals surface area contributed by atoms with Crippen LogP contribution in [0.25, 0.3) is 0 Å². The Morgan fingerprint density at radius 2 is 1.86 bits per heavy atom. The Bertz CT molecular complexity index is 521. The summed E-state index contributed by atoms with van der Waals surface area (Å²) in [6.07, 6.45) is 4.23. The number of hydrogen-bond donors (Lipinski definition) is 1. The van der Waals surface area contributed by atoms with Crippen LogP contribution in [0.1, 0.15) is 38.7 Å². The molecule has 1 unspecified atom stereocenters. The maximum atomic E-state index is 12.0. The van der Waals surface area contributed by atoms with Gasteiger partial charge in [-0.25, -0.2) is 8.42 Å². The molecule has 0 heterocycles. The molecule has 0 bridgehead atoms. The molecule has 0 aromatic heterocycles. The molecule has 0 spiro atoms. The van der Waals surface area contributed by atoms with Gasteiger partial charge in [-0.3, -0.25) is 0 Å². The SMILES string of the molecule is CC(C)S(=O)(=O)CCC(CNC1CC1)Cc1ccccc1. The van der Waals surface area contributed by atoms with E-state index in [2.05, 4.69) is 17.4 Å². The third-order valence-electron chi connectivity index (χ3n) is 4.17. The zero-order valence-electron chi connectivity index (χ0n) is 13.1. The van der Waals surface area contributed by atoms with Crippen molar-refractivity contribution in [3.63, 3.8) is 0 Å². The molecular formula is C17H27NO2S. The first-order chi connectivity index (χ1) is 9.97. The minimum Gasteiger partial charge on any atom is -0.314 e. The minimum atomic E-state index is -2.94. The predicted molar refractivity (Wildman–Crippen MR) is 88.2 cm³/mol. The van der Waals surface area contributed by atoms with Crippen molar-refractivity contribution < 1.29 is 8.42 Å². The lowest BCUT2D eigenvalue weighted by Crippen LogP contribution is -2.29. The summed E-state index contributed by atoms with van der Waals surface area (Å²) >= 11 is 0. The molecule has 0 aliphatic heterocycles. The second kappa shape index (κ2) is 7.41. The van der Waals surface area contributed by atoms with Crippen molar-refractivity contribution in [2.45, 2.75) is 50.8 Å². The molecule has 0 saturated heterocycles. The molecule has 1 atom stereocenters. The first kappa shape index (κ1) is 16.5. The monoisotopic (exact) mass is 309 g/mol. The summed E-state index contributed by atoms with van der Waals surface area (Å²) in [5.74, 6) is 0.690. The lowest BCUT2D eigenvalue weighted by atomic mass is 9.97. The van der Waals surface area contributed by atoms with Crippen LogP contribution in [-0.2, 0) is 16.3 Å². The van der Waals surface area contributed by atoms with Gasteiger partial charge < -0.3 is 5.32 Å². The van der Waals surface area contributed by atoms with Crippen molar-refractivity contribution in [2.75, 3.05) is 12.3 Å². The number of hydrogen-bond acceptors (Lipinski definition) is 3. The highest BCUT2D eigenvalue weighted by atomic mass is 32.2. The van der Waals surface area contributed by atoms with Crippen molar-refractivity contribution >= 4 is 9.84 Å². The highest BCUT2D eigenvalue weighted by molar-refractivity contribution is 7.91. The van der Waals surface area contributed by atoms with Crippen LogP contribution in [-0.4, -0.2) is 32.0 Å². The van der Waals surface area contributed by atoms with Crippen LogP contribution in [0, 0.1) is 5.92 Å². The number of rotatable bonds is 9. The Kier molecular flexibility index (Phi) is 5.82. The molecule has 2 rings (SSSR count). The summed E-state index contributed by atoms with van der Waals surface area (Å²) in [6.45, 7) is 4.46. The highest BCUT2D eigenvalue weighted by Crippen LogP contribution is 2.21. The van der Waals surface area contributed by atoms with E-state index < -0.39 is 9.84 Å². The van der Waals surface area contributed by atoms with E-state index >= 15 is 0 Å². The quantitative estimate of drug-likeness (QED) is 0.763. The van der Waals surface area contributed by atoms with Gasteiger partial charge in [0, 0.05) is 6.04 Å². The van der Waals surface area contributed by atoms with Gasteiger partial charge in [0.15, 0.2) is 9.84 Å². The first-order valence-corrected chi connectivity index (χ1v) is 9.68. The fourth-order valence-corrected chi connectivity index (χ4v) is 3.54. The lowest BCUT2D eigenvalue weighted by Gasteiger charge is -2.18. The molecular weight excluding hydrogens is 282 g/mol. The van der Waals surface area contributed by atoms with Gasteiger partial charge in [0.1, 0.15) is 0 Å². The van der Waals surface area contributed by atoms with E-state index in [1.54, 1.807) is 13.8 Å². The summed E-state index contributed by atoms with van der Waals surface area (Å²) in [6, 6.07) is 11.0. The van der Waals surface area contributed by atoms with E-state index in [9.17, 15) is 8.42 Å². The van der Waals surface area contributed by atoms with Crippen molar-refractivity contribution in [1.29, 1.82) is 0 Å². The summed E-state index contributed by atoms with van der Waals surface area (Å²) in [5.41, 5.74) is 1.29. The molecule has 1 aliphatic carbocycles. The average Bonchev–Trinajstić information content (AvgIpc) is 3.27. The number of sulfone groups is 1. The molecule has 1 fully saturated rings. The normalized spacial score (nSPS) is 17.1. The van der Waals surface area contributed by atoms with Gasteiger partial charge >= 0.3 is 0 Å². The molecule has 0 amide bonds. The van der Waals surface area contributed by atoms with Crippen LogP contribution >= 0.6 is 0 Å². The van der Waals surface area contributed by atoms with Gasteiger partial charge in [-0.05, 0) is 57.6 Å². The van der Waals surface area contributed by atoms with Gasteiger partial charge in [0.2, 0.25) is 0 Å². The lowest BCUT2D eigenvalue weighted by molar-refractivity contribution is 0.456. The maximum absolute atomic E-state index is 12.0. The first-order valence-electron chi connectivity index (χ1n) is 7.96. The van der Waals surface area contributed by atoms with Gasteiger partial charge in [0.05, 0.1) is 11.0 Å². The second-order valence-corrected chi connectivity index (χ2v) is 9.12. The fourth-order valence-electron chi connectivity index (χ4n) is 2.41. The van der Waals surface area contributed by atoms with Crippen LogP contribution in [0.5, 0.6) is 0 Å². The second-order valence-electron chi connectivity index (χ2n) is 6.44. The highest BCUT2D eigenvalue weighted by Gasteiger charge is 2.23. The molecule has 118 valence electrons. The summed E-state index contributed by atoms with van der Waals surface area (Å²) in [4.78, 5) is 0. The topological polar surface area (TPSA) is 46.2 Å². The van der Waals surface area contributed by atoms with Crippen LogP contribution in [0.2, 0.25) is 0 Å². The van der Waals surface area contributed by atoms with E-state index in [1.807, 2.05) is 18.2 Å². The van der Waals surface area contributed by atoms with E-state index in [0.717, 1.165) is 19.4 Å². The molecule has 3 nitrogen and oxygen atoms in total. The van der Waals surface area contributed by atoms with Crippen LogP contribution in [0.4, 0.5) is 0 Å². The van der Waals surface area contributed by atoms with E-state index in [1.165, 1.54) is 18.4 Å². The Morgan fingerprint density at radius 3 is 2.43 bits per heavy atom.